The second-order valence-electron chi connectivity index (χ2n) is 10.7. The van der Waals surface area contributed by atoms with Crippen LogP contribution in [0.4, 0.5) is 0 Å². The minimum absolute atomic E-state index is 0.0381. The first-order valence-corrected chi connectivity index (χ1v) is 12.9. The van der Waals surface area contributed by atoms with Crippen LogP contribution in [0.25, 0.3) is 0 Å². The standard InChI is InChI=1S/C17H34.C10H22O2/c1-15(2)9-7-10-16(3)11-8-14-17-12-5-4-6-13-17;1-6-12-10(4,5)7-8-11-9(2)3/h15-17H,4-14H2,1-3H3;9H,6-8H2,1-5H3. The molecule has 2 nitrogen and oxygen atoms in total. The van der Waals surface area contributed by atoms with Crippen molar-refractivity contribution in [3.63, 3.8) is 0 Å². The number of hydrogen-bond donors (Lipinski definition) is 0. The highest BCUT2D eigenvalue weighted by Gasteiger charge is 2.17. The third-order valence-electron chi connectivity index (χ3n) is 6.20. The van der Waals surface area contributed by atoms with Gasteiger partial charge < -0.3 is 9.47 Å². The zero-order chi connectivity index (χ0) is 22.1. The van der Waals surface area contributed by atoms with Crippen molar-refractivity contribution in [1.82, 2.24) is 0 Å². The van der Waals surface area contributed by atoms with E-state index in [1.54, 1.807) is 0 Å². The maximum absolute atomic E-state index is 5.53. The molecule has 1 aliphatic rings. The molecular formula is C27H56O2. The Kier molecular flexibility index (Phi) is 17.5. The molecule has 1 saturated carbocycles. The molecule has 176 valence electrons. The van der Waals surface area contributed by atoms with Gasteiger partial charge in [0.15, 0.2) is 0 Å². The lowest BCUT2D eigenvalue weighted by Gasteiger charge is -2.24. The summed E-state index contributed by atoms with van der Waals surface area (Å²) in [5, 5.41) is 0. The monoisotopic (exact) mass is 412 g/mol. The molecule has 1 aliphatic carbocycles. The molecule has 0 saturated heterocycles. The van der Waals surface area contributed by atoms with E-state index in [1.807, 2.05) is 20.8 Å². The Morgan fingerprint density at radius 2 is 1.48 bits per heavy atom. The molecular weight excluding hydrogens is 356 g/mol. The molecule has 1 fully saturated rings. The number of ether oxygens (including phenoxy) is 2. The van der Waals surface area contributed by atoms with Gasteiger partial charge in [-0.3, -0.25) is 0 Å². The highest BCUT2D eigenvalue weighted by Crippen LogP contribution is 2.29. The highest BCUT2D eigenvalue weighted by atomic mass is 16.5. The summed E-state index contributed by atoms with van der Waals surface area (Å²) in [6, 6.07) is 0. The van der Waals surface area contributed by atoms with Gasteiger partial charge in [-0.1, -0.05) is 91.4 Å². The van der Waals surface area contributed by atoms with Crippen molar-refractivity contribution in [2.24, 2.45) is 17.8 Å². The van der Waals surface area contributed by atoms with Gasteiger partial charge in [-0.15, -0.1) is 0 Å². The van der Waals surface area contributed by atoms with Crippen molar-refractivity contribution in [2.45, 2.75) is 144 Å². The summed E-state index contributed by atoms with van der Waals surface area (Å²) in [6.45, 7) is 19.0. The lowest BCUT2D eigenvalue weighted by atomic mass is 9.84. The SMILES string of the molecule is CC(C)CCCC(C)CCCC1CCCCC1.CCOC(C)(C)CCOC(C)C. The van der Waals surface area contributed by atoms with Crippen LogP contribution >= 0.6 is 0 Å². The molecule has 0 aliphatic heterocycles. The van der Waals surface area contributed by atoms with E-state index in [2.05, 4.69) is 34.6 Å². The van der Waals surface area contributed by atoms with Gasteiger partial charge in [-0.2, -0.15) is 0 Å². The first-order valence-electron chi connectivity index (χ1n) is 12.9. The fraction of sp³-hybridized carbons (Fsp3) is 1.00. The van der Waals surface area contributed by atoms with Gasteiger partial charge in [-0.05, 0) is 58.8 Å². The fourth-order valence-corrected chi connectivity index (χ4v) is 4.25. The van der Waals surface area contributed by atoms with Gasteiger partial charge in [0.25, 0.3) is 0 Å². The van der Waals surface area contributed by atoms with Gasteiger partial charge in [-0.25, -0.2) is 0 Å². The van der Waals surface area contributed by atoms with Gasteiger partial charge in [0.1, 0.15) is 0 Å². The minimum atomic E-state index is -0.0381. The zero-order valence-corrected chi connectivity index (χ0v) is 21.5. The summed E-state index contributed by atoms with van der Waals surface area (Å²) >= 11 is 0. The van der Waals surface area contributed by atoms with Crippen molar-refractivity contribution >= 4 is 0 Å². The first-order chi connectivity index (χ1) is 13.7. The largest absolute Gasteiger partial charge is 0.379 e. The van der Waals surface area contributed by atoms with Crippen LogP contribution in [-0.4, -0.2) is 24.9 Å². The van der Waals surface area contributed by atoms with Crippen molar-refractivity contribution in [3.8, 4) is 0 Å². The summed E-state index contributed by atoms with van der Waals surface area (Å²) in [6.07, 6.45) is 17.7. The van der Waals surface area contributed by atoms with Crippen molar-refractivity contribution in [3.05, 3.63) is 0 Å². The average Bonchev–Trinajstić information content (AvgIpc) is 2.62. The average molecular weight is 413 g/mol. The predicted molar refractivity (Wildman–Crippen MR) is 130 cm³/mol. The van der Waals surface area contributed by atoms with Crippen LogP contribution < -0.4 is 0 Å². The molecule has 0 bridgehead atoms. The molecule has 1 rings (SSSR count). The smallest absolute Gasteiger partial charge is 0.0648 e. The normalized spacial score (nSPS) is 16.8. The Labute approximate surface area is 184 Å². The molecule has 29 heavy (non-hydrogen) atoms. The van der Waals surface area contributed by atoms with Crippen molar-refractivity contribution < 1.29 is 9.47 Å². The topological polar surface area (TPSA) is 18.5 Å². The molecule has 1 unspecified atom stereocenters. The summed E-state index contributed by atoms with van der Waals surface area (Å²) < 4.78 is 11.0. The molecule has 0 radical (unpaired) electrons. The maximum Gasteiger partial charge on any atom is 0.0648 e. The van der Waals surface area contributed by atoms with Crippen LogP contribution in [0, 0.1) is 17.8 Å². The van der Waals surface area contributed by atoms with E-state index >= 15 is 0 Å². The van der Waals surface area contributed by atoms with Crippen molar-refractivity contribution in [1.29, 1.82) is 0 Å². The lowest BCUT2D eigenvalue weighted by Crippen LogP contribution is -2.26. The molecule has 0 N–H and O–H groups in total. The van der Waals surface area contributed by atoms with E-state index in [-0.39, 0.29) is 5.60 Å². The van der Waals surface area contributed by atoms with E-state index < -0.39 is 0 Å². The second-order valence-corrected chi connectivity index (χ2v) is 10.7. The Balaban J connectivity index is 0.000000578. The number of hydrogen-bond acceptors (Lipinski definition) is 2. The Hall–Kier alpha value is -0.0800. The molecule has 0 spiro atoms. The maximum atomic E-state index is 5.53. The Morgan fingerprint density at radius 3 is 2.03 bits per heavy atom. The van der Waals surface area contributed by atoms with E-state index in [0.29, 0.717) is 6.10 Å². The van der Waals surface area contributed by atoms with Crippen LogP contribution in [0.1, 0.15) is 132 Å². The molecule has 2 heteroatoms. The highest BCUT2D eigenvalue weighted by molar-refractivity contribution is 4.68. The molecule has 0 amide bonds. The first kappa shape index (κ1) is 28.9. The van der Waals surface area contributed by atoms with Gasteiger partial charge in [0.05, 0.1) is 11.7 Å². The van der Waals surface area contributed by atoms with Gasteiger partial charge >= 0.3 is 0 Å². The number of rotatable bonds is 14. The van der Waals surface area contributed by atoms with Gasteiger partial charge in [0.2, 0.25) is 0 Å². The molecule has 0 aromatic heterocycles. The minimum Gasteiger partial charge on any atom is -0.379 e. The molecule has 0 aromatic rings. The Bertz CT molecular complexity index is 342. The van der Waals surface area contributed by atoms with E-state index in [9.17, 15) is 0 Å². The van der Waals surface area contributed by atoms with E-state index in [0.717, 1.165) is 37.4 Å². The van der Waals surface area contributed by atoms with Crippen LogP contribution in [0.5, 0.6) is 0 Å². The van der Waals surface area contributed by atoms with Crippen LogP contribution in [-0.2, 0) is 9.47 Å². The summed E-state index contributed by atoms with van der Waals surface area (Å²) in [5.41, 5.74) is -0.0381. The quantitative estimate of drug-likeness (QED) is 0.284. The molecule has 1 atom stereocenters. The van der Waals surface area contributed by atoms with Crippen LogP contribution in [0.3, 0.4) is 0 Å². The summed E-state index contributed by atoms with van der Waals surface area (Å²) in [5.74, 6) is 2.95. The summed E-state index contributed by atoms with van der Waals surface area (Å²) in [7, 11) is 0. The van der Waals surface area contributed by atoms with Gasteiger partial charge in [0, 0.05) is 13.2 Å². The third kappa shape index (κ3) is 19.6. The van der Waals surface area contributed by atoms with Crippen LogP contribution in [0.2, 0.25) is 0 Å². The van der Waals surface area contributed by atoms with E-state index in [4.69, 9.17) is 9.47 Å². The fourth-order valence-electron chi connectivity index (χ4n) is 4.25. The summed E-state index contributed by atoms with van der Waals surface area (Å²) in [4.78, 5) is 0. The van der Waals surface area contributed by atoms with Crippen molar-refractivity contribution in [2.75, 3.05) is 13.2 Å². The second kappa shape index (κ2) is 17.6. The molecule has 0 heterocycles. The molecule has 0 aromatic carbocycles. The van der Waals surface area contributed by atoms with Crippen LogP contribution in [0.15, 0.2) is 0 Å². The predicted octanol–water partition coefficient (Wildman–Crippen LogP) is 8.82. The third-order valence-corrected chi connectivity index (χ3v) is 6.20. The zero-order valence-electron chi connectivity index (χ0n) is 21.5. The lowest BCUT2D eigenvalue weighted by molar-refractivity contribution is -0.0418. The van der Waals surface area contributed by atoms with E-state index in [1.165, 1.54) is 70.6 Å². The Morgan fingerprint density at radius 1 is 0.862 bits per heavy atom.